The average Bonchev–Trinajstić information content (AvgIpc) is 3.13. The van der Waals surface area contributed by atoms with Crippen LogP contribution in [0.1, 0.15) is 37.7 Å². The normalized spacial score (nSPS) is 29.0. The van der Waals surface area contributed by atoms with Gasteiger partial charge in [0, 0.05) is 24.8 Å². The minimum absolute atomic E-state index is 0.241. The molecule has 2 heterocycles. The maximum atomic E-state index is 13.0. The molecule has 1 N–H and O–H groups in total. The third-order valence-electron chi connectivity index (χ3n) is 5.36. The summed E-state index contributed by atoms with van der Waals surface area (Å²) in [5, 5.41) is 3.28. The van der Waals surface area contributed by atoms with Gasteiger partial charge in [0.2, 0.25) is 10.0 Å². The van der Waals surface area contributed by atoms with Gasteiger partial charge in [0.05, 0.1) is 4.90 Å². The number of hydrogen-bond donors (Lipinski definition) is 1. The van der Waals surface area contributed by atoms with Crippen molar-refractivity contribution in [1.29, 1.82) is 0 Å². The first-order chi connectivity index (χ1) is 10.2. The van der Waals surface area contributed by atoms with Crippen LogP contribution in [-0.4, -0.2) is 31.9 Å². The second kappa shape index (κ2) is 4.99. The van der Waals surface area contributed by atoms with Crippen LogP contribution in [0.3, 0.4) is 0 Å². The highest BCUT2D eigenvalue weighted by Gasteiger charge is 2.42. The first kappa shape index (κ1) is 13.6. The third-order valence-corrected chi connectivity index (χ3v) is 7.28. The van der Waals surface area contributed by atoms with Gasteiger partial charge in [-0.05, 0) is 49.3 Å². The quantitative estimate of drug-likeness (QED) is 0.914. The van der Waals surface area contributed by atoms with Crippen molar-refractivity contribution in [3.8, 4) is 0 Å². The number of anilines is 1. The highest BCUT2D eigenvalue weighted by molar-refractivity contribution is 7.89. The molecule has 1 aliphatic carbocycles. The van der Waals surface area contributed by atoms with Crippen molar-refractivity contribution in [2.45, 2.75) is 49.5 Å². The molecule has 0 spiro atoms. The van der Waals surface area contributed by atoms with Crippen molar-refractivity contribution in [2.24, 2.45) is 5.92 Å². The van der Waals surface area contributed by atoms with Crippen LogP contribution in [0, 0.1) is 5.92 Å². The van der Waals surface area contributed by atoms with Crippen LogP contribution >= 0.6 is 0 Å². The number of nitrogens with one attached hydrogen (secondary N) is 1. The van der Waals surface area contributed by atoms with Gasteiger partial charge in [-0.2, -0.15) is 4.31 Å². The highest BCUT2D eigenvalue weighted by atomic mass is 32.2. The number of benzene rings is 1. The van der Waals surface area contributed by atoms with E-state index in [2.05, 4.69) is 5.32 Å². The van der Waals surface area contributed by atoms with Gasteiger partial charge in [-0.25, -0.2) is 8.42 Å². The molecular formula is C16H22N2O2S. The number of rotatable bonds is 2. The minimum atomic E-state index is -3.34. The van der Waals surface area contributed by atoms with Crippen molar-refractivity contribution in [3.05, 3.63) is 23.8 Å². The molecule has 21 heavy (non-hydrogen) atoms. The molecule has 2 fully saturated rings. The van der Waals surface area contributed by atoms with Gasteiger partial charge in [-0.3, -0.25) is 0 Å². The molecule has 2 aliphatic heterocycles. The molecule has 3 aliphatic rings. The molecule has 1 aromatic rings. The van der Waals surface area contributed by atoms with Gasteiger partial charge in [-0.1, -0.05) is 18.9 Å². The molecular weight excluding hydrogens is 284 g/mol. The van der Waals surface area contributed by atoms with E-state index in [1.807, 2.05) is 12.1 Å². The predicted octanol–water partition coefficient (Wildman–Crippen LogP) is 2.61. The molecule has 114 valence electrons. The Morgan fingerprint density at radius 1 is 1.14 bits per heavy atom. The molecule has 2 unspecified atom stereocenters. The van der Waals surface area contributed by atoms with Crippen molar-refractivity contribution < 1.29 is 8.42 Å². The van der Waals surface area contributed by atoms with E-state index in [-0.39, 0.29) is 6.04 Å². The Labute approximate surface area is 126 Å². The Morgan fingerprint density at radius 3 is 2.90 bits per heavy atom. The van der Waals surface area contributed by atoms with Gasteiger partial charge in [0.25, 0.3) is 0 Å². The summed E-state index contributed by atoms with van der Waals surface area (Å²) in [6, 6.07) is 5.83. The summed E-state index contributed by atoms with van der Waals surface area (Å²) in [6.45, 7) is 1.61. The maximum absolute atomic E-state index is 13.0. The Bertz CT molecular complexity index is 656. The fraction of sp³-hybridized carbons (Fsp3) is 0.625. The van der Waals surface area contributed by atoms with Gasteiger partial charge in [0.15, 0.2) is 0 Å². The zero-order chi connectivity index (χ0) is 14.4. The van der Waals surface area contributed by atoms with E-state index in [1.165, 1.54) is 24.8 Å². The van der Waals surface area contributed by atoms with Crippen LogP contribution in [0.4, 0.5) is 5.69 Å². The summed E-state index contributed by atoms with van der Waals surface area (Å²) >= 11 is 0. The molecule has 0 bridgehead atoms. The second-order valence-corrected chi connectivity index (χ2v) is 8.40. The van der Waals surface area contributed by atoms with E-state index in [0.717, 1.165) is 31.5 Å². The van der Waals surface area contributed by atoms with Crippen molar-refractivity contribution >= 4 is 15.7 Å². The van der Waals surface area contributed by atoms with Crippen LogP contribution in [0.2, 0.25) is 0 Å². The van der Waals surface area contributed by atoms with E-state index >= 15 is 0 Å². The van der Waals surface area contributed by atoms with E-state index < -0.39 is 10.0 Å². The standard InChI is InChI=1S/C16H22N2O2S/c19-21(20,14-6-5-12-7-9-17-15(12)11-14)18-10-8-13-3-1-2-4-16(13)18/h5-6,11,13,16-17H,1-4,7-10H2. The fourth-order valence-electron chi connectivity index (χ4n) is 4.23. The number of sulfonamides is 1. The van der Waals surface area contributed by atoms with Crippen LogP contribution < -0.4 is 5.32 Å². The Hall–Kier alpha value is -1.07. The lowest BCUT2D eigenvalue weighted by Crippen LogP contribution is -2.39. The smallest absolute Gasteiger partial charge is 0.243 e. The molecule has 1 aromatic carbocycles. The molecule has 0 radical (unpaired) electrons. The van der Waals surface area contributed by atoms with Crippen molar-refractivity contribution in [1.82, 2.24) is 4.31 Å². The third kappa shape index (κ3) is 2.18. The predicted molar refractivity (Wildman–Crippen MR) is 82.9 cm³/mol. The lowest BCUT2D eigenvalue weighted by molar-refractivity contribution is 0.260. The molecule has 0 amide bonds. The van der Waals surface area contributed by atoms with Crippen molar-refractivity contribution in [3.63, 3.8) is 0 Å². The maximum Gasteiger partial charge on any atom is 0.243 e. The zero-order valence-corrected chi connectivity index (χ0v) is 13.0. The van der Waals surface area contributed by atoms with Crippen molar-refractivity contribution in [2.75, 3.05) is 18.4 Å². The Kier molecular flexibility index (Phi) is 3.23. The van der Waals surface area contributed by atoms with Gasteiger partial charge < -0.3 is 5.32 Å². The summed E-state index contributed by atoms with van der Waals surface area (Å²) in [7, 11) is -3.34. The second-order valence-electron chi connectivity index (χ2n) is 6.51. The van der Waals surface area contributed by atoms with Gasteiger partial charge in [0.1, 0.15) is 0 Å². The minimum Gasteiger partial charge on any atom is -0.384 e. The average molecular weight is 306 g/mol. The topological polar surface area (TPSA) is 49.4 Å². The molecule has 1 saturated carbocycles. The lowest BCUT2D eigenvalue weighted by Gasteiger charge is -2.31. The summed E-state index contributed by atoms with van der Waals surface area (Å²) in [5.74, 6) is 0.584. The van der Waals surface area contributed by atoms with Gasteiger partial charge >= 0.3 is 0 Å². The summed E-state index contributed by atoms with van der Waals surface area (Å²) in [4.78, 5) is 0.460. The number of fused-ring (bicyclic) bond motifs is 2. The van der Waals surface area contributed by atoms with Crippen LogP contribution in [0.15, 0.2) is 23.1 Å². The molecule has 5 heteroatoms. The number of nitrogens with zero attached hydrogens (tertiary/aromatic N) is 1. The molecule has 4 rings (SSSR count). The summed E-state index contributed by atoms with van der Waals surface area (Å²) in [5.41, 5.74) is 2.22. The molecule has 1 saturated heterocycles. The Balaban J connectivity index is 1.67. The van der Waals surface area contributed by atoms with E-state index in [4.69, 9.17) is 0 Å². The highest BCUT2D eigenvalue weighted by Crippen LogP contribution is 2.39. The lowest BCUT2D eigenvalue weighted by atomic mass is 9.86. The molecule has 4 nitrogen and oxygen atoms in total. The summed E-state index contributed by atoms with van der Waals surface area (Å²) in [6.07, 6.45) is 6.68. The fourth-order valence-corrected chi connectivity index (χ4v) is 5.98. The molecule has 2 atom stereocenters. The Morgan fingerprint density at radius 2 is 2.00 bits per heavy atom. The van der Waals surface area contributed by atoms with Crippen LogP contribution in [0.25, 0.3) is 0 Å². The summed E-state index contributed by atoms with van der Waals surface area (Å²) < 4.78 is 27.8. The van der Waals surface area contributed by atoms with Crippen LogP contribution in [0.5, 0.6) is 0 Å². The monoisotopic (exact) mass is 306 g/mol. The largest absolute Gasteiger partial charge is 0.384 e. The first-order valence-electron chi connectivity index (χ1n) is 8.05. The molecule has 0 aromatic heterocycles. The number of hydrogen-bond acceptors (Lipinski definition) is 3. The van der Waals surface area contributed by atoms with E-state index in [9.17, 15) is 8.42 Å². The van der Waals surface area contributed by atoms with E-state index in [1.54, 1.807) is 10.4 Å². The first-order valence-corrected chi connectivity index (χ1v) is 9.49. The van der Waals surface area contributed by atoms with E-state index in [0.29, 0.717) is 17.4 Å². The van der Waals surface area contributed by atoms with Gasteiger partial charge in [-0.15, -0.1) is 0 Å². The SMILES string of the molecule is O=S(=O)(c1ccc2c(c1)NCC2)N1CCC2CCCCC21. The zero-order valence-electron chi connectivity index (χ0n) is 12.2. The van der Waals surface area contributed by atoms with Crippen LogP contribution in [-0.2, 0) is 16.4 Å².